The van der Waals surface area contributed by atoms with Crippen molar-refractivity contribution < 1.29 is 4.79 Å². The molecule has 1 heterocycles. The lowest BCUT2D eigenvalue weighted by atomic mass is 10.2. The van der Waals surface area contributed by atoms with Gasteiger partial charge in [0.25, 0.3) is 0 Å². The highest BCUT2D eigenvalue weighted by Gasteiger charge is 2.10. The molecule has 0 saturated carbocycles. The molecule has 1 N–H and O–H groups in total. The normalized spacial score (nSPS) is 10.2. The summed E-state index contributed by atoms with van der Waals surface area (Å²) < 4.78 is 0. The molecule has 23 heavy (non-hydrogen) atoms. The number of anilines is 2. The number of carbonyl (C=O) groups is 1. The van der Waals surface area contributed by atoms with Crippen molar-refractivity contribution in [1.82, 2.24) is 9.88 Å². The zero-order valence-electron chi connectivity index (χ0n) is 14.0. The Morgan fingerprint density at radius 3 is 2.39 bits per heavy atom. The number of hydrogen-bond acceptors (Lipinski definition) is 3. The minimum Gasteiger partial charge on any atom is -0.372 e. The maximum Gasteiger partial charge on any atom is 0.321 e. The van der Waals surface area contributed by atoms with Crippen LogP contribution in [0.15, 0.2) is 48.8 Å². The summed E-state index contributed by atoms with van der Waals surface area (Å²) in [6.07, 6.45) is 3.31. The molecule has 0 spiro atoms. The van der Waals surface area contributed by atoms with Crippen molar-refractivity contribution in [2.24, 2.45) is 0 Å². The fraction of sp³-hybridized carbons (Fsp3) is 0.333. The first-order valence-electron chi connectivity index (χ1n) is 7.90. The highest BCUT2D eigenvalue weighted by Crippen LogP contribution is 2.16. The first-order chi connectivity index (χ1) is 11.1. The van der Waals surface area contributed by atoms with Gasteiger partial charge in [-0.3, -0.25) is 4.98 Å². The Hall–Kier alpha value is -2.56. The highest BCUT2D eigenvalue weighted by molar-refractivity contribution is 5.88. The van der Waals surface area contributed by atoms with Crippen LogP contribution in [0.2, 0.25) is 0 Å². The van der Waals surface area contributed by atoms with E-state index < -0.39 is 0 Å². The van der Waals surface area contributed by atoms with Crippen molar-refractivity contribution in [1.29, 1.82) is 0 Å². The predicted molar refractivity (Wildman–Crippen MR) is 94.7 cm³/mol. The second kappa shape index (κ2) is 8.17. The molecule has 5 heteroatoms. The molecule has 0 atom stereocenters. The van der Waals surface area contributed by atoms with Gasteiger partial charge in [0.1, 0.15) is 0 Å². The van der Waals surface area contributed by atoms with E-state index in [0.717, 1.165) is 18.7 Å². The predicted octanol–water partition coefficient (Wildman–Crippen LogP) is 3.59. The molecule has 122 valence electrons. The van der Waals surface area contributed by atoms with Crippen LogP contribution in [0.4, 0.5) is 16.2 Å². The van der Waals surface area contributed by atoms with Gasteiger partial charge < -0.3 is 15.1 Å². The van der Waals surface area contributed by atoms with Crippen LogP contribution in [-0.2, 0) is 6.54 Å². The average molecular weight is 312 g/mol. The quantitative estimate of drug-likeness (QED) is 0.886. The third-order valence-electron chi connectivity index (χ3n) is 3.74. The molecule has 1 aromatic carbocycles. The van der Waals surface area contributed by atoms with Gasteiger partial charge in [-0.2, -0.15) is 0 Å². The Morgan fingerprint density at radius 1 is 1.13 bits per heavy atom. The first-order valence-corrected chi connectivity index (χ1v) is 7.90. The Bertz CT molecular complexity index is 609. The van der Waals surface area contributed by atoms with Crippen molar-refractivity contribution in [3.63, 3.8) is 0 Å². The maximum atomic E-state index is 12.2. The van der Waals surface area contributed by atoms with E-state index in [1.165, 1.54) is 5.69 Å². The summed E-state index contributed by atoms with van der Waals surface area (Å²) in [6.45, 7) is 6.83. The monoisotopic (exact) mass is 312 g/mol. The topological polar surface area (TPSA) is 48.5 Å². The molecule has 5 nitrogen and oxygen atoms in total. The van der Waals surface area contributed by atoms with E-state index in [4.69, 9.17) is 0 Å². The fourth-order valence-electron chi connectivity index (χ4n) is 2.40. The summed E-state index contributed by atoms with van der Waals surface area (Å²) in [5.74, 6) is 0. The number of nitrogens with one attached hydrogen (secondary N) is 1. The van der Waals surface area contributed by atoms with Gasteiger partial charge in [0.15, 0.2) is 0 Å². The Balaban J connectivity index is 1.94. The molecular formula is C18H24N4O. The van der Waals surface area contributed by atoms with Crippen molar-refractivity contribution in [2.45, 2.75) is 20.4 Å². The number of pyridine rings is 1. The van der Waals surface area contributed by atoms with Crippen LogP contribution < -0.4 is 10.2 Å². The lowest BCUT2D eigenvalue weighted by Crippen LogP contribution is -2.30. The number of aromatic nitrogens is 1. The molecule has 0 aliphatic rings. The van der Waals surface area contributed by atoms with E-state index in [1.54, 1.807) is 30.4 Å². The summed E-state index contributed by atoms with van der Waals surface area (Å²) in [7, 11) is 1.78. The lowest BCUT2D eigenvalue weighted by molar-refractivity contribution is 0.220. The van der Waals surface area contributed by atoms with Crippen molar-refractivity contribution in [2.75, 3.05) is 30.4 Å². The average Bonchev–Trinajstić information content (AvgIpc) is 2.58. The summed E-state index contributed by atoms with van der Waals surface area (Å²) in [5, 5.41) is 2.83. The zero-order valence-corrected chi connectivity index (χ0v) is 14.0. The number of benzene rings is 1. The molecule has 2 amide bonds. The summed E-state index contributed by atoms with van der Waals surface area (Å²) >= 11 is 0. The van der Waals surface area contributed by atoms with E-state index in [0.29, 0.717) is 12.2 Å². The number of nitrogens with zero attached hydrogens (tertiary/aromatic N) is 3. The molecule has 0 fully saturated rings. The molecule has 0 radical (unpaired) electrons. The van der Waals surface area contributed by atoms with Crippen LogP contribution in [0, 0.1) is 0 Å². The maximum absolute atomic E-state index is 12.2. The van der Waals surface area contributed by atoms with Crippen molar-refractivity contribution >= 4 is 17.4 Å². The molecule has 2 rings (SSSR count). The lowest BCUT2D eigenvalue weighted by Gasteiger charge is -2.22. The van der Waals surface area contributed by atoms with E-state index in [1.807, 2.05) is 6.07 Å². The second-order valence-electron chi connectivity index (χ2n) is 5.37. The Morgan fingerprint density at radius 2 is 1.83 bits per heavy atom. The van der Waals surface area contributed by atoms with E-state index >= 15 is 0 Å². The van der Waals surface area contributed by atoms with Crippen LogP contribution in [0.5, 0.6) is 0 Å². The number of rotatable bonds is 6. The third kappa shape index (κ3) is 4.71. The first kappa shape index (κ1) is 16.8. The summed E-state index contributed by atoms with van der Waals surface area (Å²) in [5.41, 5.74) is 3.01. The Labute approximate surface area is 137 Å². The minimum absolute atomic E-state index is 0.147. The molecule has 1 aromatic heterocycles. The number of carbonyl (C=O) groups excluding carboxylic acids is 1. The summed E-state index contributed by atoms with van der Waals surface area (Å²) in [4.78, 5) is 20.1. The molecule has 0 saturated heterocycles. The highest BCUT2D eigenvalue weighted by atomic mass is 16.2. The van der Waals surface area contributed by atoms with Gasteiger partial charge in [0, 0.05) is 38.6 Å². The van der Waals surface area contributed by atoms with E-state index in [9.17, 15) is 4.79 Å². The van der Waals surface area contributed by atoms with Crippen LogP contribution in [0.3, 0.4) is 0 Å². The van der Waals surface area contributed by atoms with Gasteiger partial charge in [-0.15, -0.1) is 0 Å². The Kier molecular flexibility index (Phi) is 5.97. The minimum atomic E-state index is -0.147. The molecule has 0 bridgehead atoms. The second-order valence-corrected chi connectivity index (χ2v) is 5.37. The van der Waals surface area contributed by atoms with E-state index in [-0.39, 0.29) is 6.03 Å². The van der Waals surface area contributed by atoms with Gasteiger partial charge in [-0.05, 0) is 43.7 Å². The van der Waals surface area contributed by atoms with Crippen LogP contribution in [0.25, 0.3) is 0 Å². The zero-order chi connectivity index (χ0) is 16.7. The van der Waals surface area contributed by atoms with E-state index in [2.05, 4.69) is 53.3 Å². The number of hydrogen-bond donors (Lipinski definition) is 1. The smallest absolute Gasteiger partial charge is 0.321 e. The SMILES string of the molecule is CCN(CC)c1ccc(CN(C)C(=O)Nc2cccnc2)cc1. The number of urea groups is 1. The standard InChI is InChI=1S/C18H24N4O/c1-4-22(5-2)17-10-8-15(9-11-17)14-21(3)18(23)20-16-7-6-12-19-13-16/h6-13H,4-5,14H2,1-3H3,(H,20,23). The summed E-state index contributed by atoms with van der Waals surface area (Å²) in [6, 6.07) is 11.8. The molecule has 0 unspecified atom stereocenters. The fourth-order valence-corrected chi connectivity index (χ4v) is 2.40. The van der Waals surface area contributed by atoms with Crippen LogP contribution in [-0.4, -0.2) is 36.1 Å². The molecule has 0 aliphatic heterocycles. The van der Waals surface area contributed by atoms with Gasteiger partial charge >= 0.3 is 6.03 Å². The van der Waals surface area contributed by atoms with Crippen molar-refractivity contribution in [3.05, 3.63) is 54.4 Å². The van der Waals surface area contributed by atoms with Crippen LogP contribution >= 0.6 is 0 Å². The molecule has 0 aliphatic carbocycles. The van der Waals surface area contributed by atoms with Gasteiger partial charge in [-0.1, -0.05) is 12.1 Å². The molecular weight excluding hydrogens is 288 g/mol. The van der Waals surface area contributed by atoms with Crippen molar-refractivity contribution in [3.8, 4) is 0 Å². The van der Waals surface area contributed by atoms with Gasteiger partial charge in [-0.25, -0.2) is 4.79 Å². The third-order valence-corrected chi connectivity index (χ3v) is 3.74. The van der Waals surface area contributed by atoms with Crippen LogP contribution in [0.1, 0.15) is 19.4 Å². The largest absolute Gasteiger partial charge is 0.372 e. The molecule has 2 aromatic rings. The van der Waals surface area contributed by atoms with Gasteiger partial charge in [0.2, 0.25) is 0 Å². The van der Waals surface area contributed by atoms with Gasteiger partial charge in [0.05, 0.1) is 11.9 Å². The number of amides is 2.